The van der Waals surface area contributed by atoms with Gasteiger partial charge in [-0.15, -0.1) is 6.58 Å². The van der Waals surface area contributed by atoms with Gasteiger partial charge in [-0.1, -0.05) is 12.7 Å². The highest BCUT2D eigenvalue weighted by Crippen LogP contribution is 2.49. The maximum absolute atomic E-state index is 12.9. The second kappa shape index (κ2) is 7.31. The summed E-state index contributed by atoms with van der Waals surface area (Å²) in [5, 5.41) is 13.0. The SMILES string of the molecule is C=CC1C[C@]1(NC(=O)[C@@H]1C[C@@H](O)CN1C(=O)OC(C)(C)C)C(=C)OCC. The summed E-state index contributed by atoms with van der Waals surface area (Å²) in [6.07, 6.45) is 1.21. The second-order valence-electron chi connectivity index (χ2n) is 7.90. The molecule has 1 saturated carbocycles. The maximum atomic E-state index is 12.9. The Hall–Kier alpha value is -2.02. The van der Waals surface area contributed by atoms with Crippen LogP contribution in [0.5, 0.6) is 0 Å². The first-order valence-corrected chi connectivity index (χ1v) is 8.98. The number of carbonyl (C=O) groups is 2. The lowest BCUT2D eigenvalue weighted by molar-refractivity contribution is -0.126. The van der Waals surface area contributed by atoms with E-state index in [0.29, 0.717) is 18.8 Å². The standard InChI is InChI=1S/C19H30N2O5/c1-7-13-10-19(13,12(3)25-8-2)20-16(23)15-9-14(22)11-21(15)17(24)26-18(4,5)6/h7,13-15,22H,1,3,8-11H2,2,4-6H3,(H,20,23)/t13?,14-,15+,19+/m1/s1. The monoisotopic (exact) mass is 366 g/mol. The van der Waals surface area contributed by atoms with Crippen LogP contribution in [0.2, 0.25) is 0 Å². The lowest BCUT2D eigenvalue weighted by atomic mass is 10.1. The molecule has 1 heterocycles. The Kier molecular flexibility index (Phi) is 5.70. The van der Waals surface area contributed by atoms with E-state index in [4.69, 9.17) is 9.47 Å². The minimum atomic E-state index is -0.794. The average molecular weight is 366 g/mol. The molecule has 1 unspecified atom stereocenters. The van der Waals surface area contributed by atoms with Crippen molar-refractivity contribution in [3.05, 3.63) is 25.0 Å². The molecule has 7 nitrogen and oxygen atoms in total. The summed E-state index contributed by atoms with van der Waals surface area (Å²) in [6, 6.07) is -0.794. The highest BCUT2D eigenvalue weighted by molar-refractivity contribution is 5.87. The normalized spacial score (nSPS) is 30.5. The molecule has 26 heavy (non-hydrogen) atoms. The molecule has 0 aromatic carbocycles. The number of aliphatic hydroxyl groups excluding tert-OH is 1. The summed E-state index contributed by atoms with van der Waals surface area (Å²) < 4.78 is 10.9. The molecular weight excluding hydrogens is 336 g/mol. The summed E-state index contributed by atoms with van der Waals surface area (Å²) in [4.78, 5) is 26.6. The van der Waals surface area contributed by atoms with Crippen LogP contribution in [-0.2, 0) is 14.3 Å². The van der Waals surface area contributed by atoms with Gasteiger partial charge < -0.3 is 19.9 Å². The van der Waals surface area contributed by atoms with E-state index in [1.807, 2.05) is 6.92 Å². The van der Waals surface area contributed by atoms with Gasteiger partial charge in [0, 0.05) is 12.3 Å². The quantitative estimate of drug-likeness (QED) is 0.554. The average Bonchev–Trinajstić information content (AvgIpc) is 3.09. The zero-order chi connectivity index (χ0) is 19.7. The van der Waals surface area contributed by atoms with Gasteiger partial charge in [0.25, 0.3) is 0 Å². The summed E-state index contributed by atoms with van der Waals surface area (Å²) in [7, 11) is 0. The molecule has 7 heteroatoms. The van der Waals surface area contributed by atoms with E-state index in [0.717, 1.165) is 0 Å². The Morgan fingerprint density at radius 1 is 1.42 bits per heavy atom. The van der Waals surface area contributed by atoms with Crippen LogP contribution in [-0.4, -0.2) is 58.4 Å². The number of rotatable bonds is 6. The van der Waals surface area contributed by atoms with Crippen LogP contribution in [0.1, 0.15) is 40.5 Å². The molecule has 2 fully saturated rings. The molecule has 1 aliphatic heterocycles. The largest absolute Gasteiger partial charge is 0.496 e. The van der Waals surface area contributed by atoms with Crippen LogP contribution >= 0.6 is 0 Å². The highest BCUT2D eigenvalue weighted by atomic mass is 16.6. The van der Waals surface area contributed by atoms with Gasteiger partial charge in [0.2, 0.25) is 5.91 Å². The highest BCUT2D eigenvalue weighted by Gasteiger charge is 2.58. The van der Waals surface area contributed by atoms with Gasteiger partial charge in [-0.05, 0) is 34.1 Å². The predicted molar refractivity (Wildman–Crippen MR) is 97.3 cm³/mol. The number of aliphatic hydroxyl groups is 1. The zero-order valence-corrected chi connectivity index (χ0v) is 16.1. The Morgan fingerprint density at radius 2 is 2.08 bits per heavy atom. The summed E-state index contributed by atoms with van der Waals surface area (Å²) in [5.41, 5.74) is -1.37. The van der Waals surface area contributed by atoms with Gasteiger partial charge >= 0.3 is 6.09 Å². The van der Waals surface area contributed by atoms with E-state index in [9.17, 15) is 14.7 Å². The number of β-amino-alcohol motifs (C(OH)–C–C–N with tert-alkyl or cyclic N) is 1. The fraction of sp³-hybridized carbons (Fsp3) is 0.684. The van der Waals surface area contributed by atoms with Gasteiger partial charge in [0.15, 0.2) is 0 Å². The van der Waals surface area contributed by atoms with Crippen LogP contribution in [0.4, 0.5) is 4.79 Å². The molecule has 2 rings (SSSR count). The third kappa shape index (κ3) is 4.20. The number of nitrogens with one attached hydrogen (secondary N) is 1. The Balaban J connectivity index is 2.12. The molecular formula is C19H30N2O5. The van der Waals surface area contributed by atoms with Gasteiger partial charge in [-0.3, -0.25) is 9.69 Å². The van der Waals surface area contributed by atoms with E-state index in [1.165, 1.54) is 4.90 Å². The molecule has 0 aromatic rings. The zero-order valence-electron chi connectivity index (χ0n) is 16.1. The lowest BCUT2D eigenvalue weighted by Crippen LogP contribution is -2.51. The molecule has 0 spiro atoms. The maximum Gasteiger partial charge on any atom is 0.411 e. The molecule has 0 bridgehead atoms. The van der Waals surface area contributed by atoms with Gasteiger partial charge in [0.1, 0.15) is 22.9 Å². The van der Waals surface area contributed by atoms with Crippen molar-refractivity contribution in [3.8, 4) is 0 Å². The molecule has 2 aliphatic rings. The fourth-order valence-corrected chi connectivity index (χ4v) is 3.30. The van der Waals surface area contributed by atoms with Crippen molar-refractivity contribution in [2.45, 2.75) is 63.8 Å². The first-order chi connectivity index (χ1) is 12.0. The van der Waals surface area contributed by atoms with Gasteiger partial charge in [0.05, 0.1) is 19.3 Å². The first-order valence-electron chi connectivity index (χ1n) is 8.98. The van der Waals surface area contributed by atoms with Crippen LogP contribution in [0.15, 0.2) is 25.0 Å². The molecule has 146 valence electrons. The predicted octanol–water partition coefficient (Wildman–Crippen LogP) is 1.97. The van der Waals surface area contributed by atoms with Crippen molar-refractivity contribution in [2.75, 3.05) is 13.2 Å². The van der Waals surface area contributed by atoms with E-state index in [1.54, 1.807) is 26.8 Å². The van der Waals surface area contributed by atoms with Crippen molar-refractivity contribution >= 4 is 12.0 Å². The van der Waals surface area contributed by atoms with Gasteiger partial charge in [-0.2, -0.15) is 0 Å². The number of likely N-dealkylation sites (tertiary alicyclic amines) is 1. The molecule has 0 aromatic heterocycles. The lowest BCUT2D eigenvalue weighted by Gasteiger charge is -2.29. The number of hydrogen-bond donors (Lipinski definition) is 2. The van der Waals surface area contributed by atoms with Crippen molar-refractivity contribution in [1.82, 2.24) is 10.2 Å². The topological polar surface area (TPSA) is 88.1 Å². The third-order valence-electron chi connectivity index (χ3n) is 4.67. The molecule has 1 aliphatic carbocycles. The number of nitrogens with zero attached hydrogens (tertiary/aromatic N) is 1. The van der Waals surface area contributed by atoms with E-state index >= 15 is 0 Å². The third-order valence-corrected chi connectivity index (χ3v) is 4.67. The van der Waals surface area contributed by atoms with Crippen LogP contribution in [0, 0.1) is 5.92 Å². The van der Waals surface area contributed by atoms with Crippen molar-refractivity contribution in [2.24, 2.45) is 5.92 Å². The smallest absolute Gasteiger partial charge is 0.411 e. The van der Waals surface area contributed by atoms with Crippen LogP contribution in [0.3, 0.4) is 0 Å². The Bertz CT molecular complexity index is 597. The minimum Gasteiger partial charge on any atom is -0.496 e. The molecule has 4 atom stereocenters. The molecule has 0 radical (unpaired) electrons. The van der Waals surface area contributed by atoms with Crippen molar-refractivity contribution in [1.29, 1.82) is 0 Å². The summed E-state index contributed by atoms with van der Waals surface area (Å²) in [5.74, 6) is 0.171. The molecule has 2 N–H and O–H groups in total. The van der Waals surface area contributed by atoms with Gasteiger partial charge in [-0.25, -0.2) is 4.79 Å². The second-order valence-corrected chi connectivity index (χ2v) is 7.90. The van der Waals surface area contributed by atoms with E-state index in [2.05, 4.69) is 18.5 Å². The number of amides is 2. The van der Waals surface area contributed by atoms with Crippen LogP contribution < -0.4 is 5.32 Å². The van der Waals surface area contributed by atoms with Crippen LogP contribution in [0.25, 0.3) is 0 Å². The minimum absolute atomic E-state index is 0.0341. The van der Waals surface area contributed by atoms with E-state index < -0.39 is 29.4 Å². The molecule has 2 amide bonds. The summed E-state index contributed by atoms with van der Waals surface area (Å²) in [6.45, 7) is 15.4. The number of hydrogen-bond acceptors (Lipinski definition) is 5. The van der Waals surface area contributed by atoms with Crippen molar-refractivity contribution in [3.63, 3.8) is 0 Å². The fourth-order valence-electron chi connectivity index (χ4n) is 3.30. The number of ether oxygens (including phenoxy) is 2. The Morgan fingerprint density at radius 3 is 2.58 bits per heavy atom. The van der Waals surface area contributed by atoms with Crippen molar-refractivity contribution < 1.29 is 24.2 Å². The number of carbonyl (C=O) groups excluding carboxylic acids is 2. The molecule has 1 saturated heterocycles. The summed E-state index contributed by atoms with van der Waals surface area (Å²) >= 11 is 0. The Labute approximate surface area is 155 Å². The first kappa shape index (κ1) is 20.3. The van der Waals surface area contributed by atoms with E-state index in [-0.39, 0.29) is 24.8 Å².